The molecule has 1 fully saturated rings. The van der Waals surface area contributed by atoms with Crippen LogP contribution in [0.5, 0.6) is 0 Å². The predicted octanol–water partition coefficient (Wildman–Crippen LogP) is 4.28. The maximum absolute atomic E-state index is 13.1. The Hall–Kier alpha value is -2.87. The molecule has 6 nitrogen and oxygen atoms in total. The molecule has 0 aliphatic carbocycles. The molecule has 0 spiro atoms. The van der Waals surface area contributed by atoms with E-state index in [0.29, 0.717) is 17.5 Å². The van der Waals surface area contributed by atoms with Crippen LogP contribution < -0.4 is 5.32 Å². The molecule has 1 aliphatic heterocycles. The SMILES string of the molecule is CCc1nnc(Nc2cccc(C3CCCN3C(=O)Cc3ccc(F)cc3)n2)s1. The van der Waals surface area contributed by atoms with Gasteiger partial charge in [0.1, 0.15) is 16.6 Å². The number of hydrogen-bond donors (Lipinski definition) is 1. The molecule has 1 N–H and O–H groups in total. The average Bonchev–Trinajstić information content (AvgIpc) is 3.39. The number of nitrogens with one attached hydrogen (secondary N) is 1. The van der Waals surface area contributed by atoms with E-state index in [9.17, 15) is 9.18 Å². The first-order chi connectivity index (χ1) is 14.1. The molecule has 29 heavy (non-hydrogen) atoms. The number of rotatable bonds is 6. The summed E-state index contributed by atoms with van der Waals surface area (Å²) < 4.78 is 13.1. The van der Waals surface area contributed by atoms with Crippen LogP contribution in [0.3, 0.4) is 0 Å². The highest BCUT2D eigenvalue weighted by molar-refractivity contribution is 7.15. The van der Waals surface area contributed by atoms with Crippen molar-refractivity contribution in [1.82, 2.24) is 20.1 Å². The maximum atomic E-state index is 13.1. The number of halogens is 1. The molecular formula is C21H22FN5OS. The number of aryl methyl sites for hydroxylation is 1. The van der Waals surface area contributed by atoms with Gasteiger partial charge in [-0.3, -0.25) is 4.79 Å². The van der Waals surface area contributed by atoms with Crippen molar-refractivity contribution in [2.24, 2.45) is 0 Å². The molecule has 1 saturated heterocycles. The van der Waals surface area contributed by atoms with Crippen molar-refractivity contribution in [3.63, 3.8) is 0 Å². The number of carbonyl (C=O) groups is 1. The van der Waals surface area contributed by atoms with Gasteiger partial charge in [0.25, 0.3) is 0 Å². The summed E-state index contributed by atoms with van der Waals surface area (Å²) in [6.07, 6.45) is 2.93. The van der Waals surface area contributed by atoms with E-state index in [4.69, 9.17) is 4.98 Å². The number of pyridine rings is 1. The minimum Gasteiger partial charge on any atom is -0.334 e. The van der Waals surface area contributed by atoms with Crippen LogP contribution in [0, 0.1) is 5.82 Å². The Bertz CT molecular complexity index is 991. The van der Waals surface area contributed by atoms with Gasteiger partial charge in [0, 0.05) is 6.54 Å². The van der Waals surface area contributed by atoms with Crippen LogP contribution in [0.2, 0.25) is 0 Å². The van der Waals surface area contributed by atoms with E-state index in [1.54, 1.807) is 12.1 Å². The van der Waals surface area contributed by atoms with Crippen molar-refractivity contribution in [2.45, 2.75) is 38.6 Å². The molecule has 1 amide bonds. The smallest absolute Gasteiger partial charge is 0.227 e. The van der Waals surface area contributed by atoms with Crippen molar-refractivity contribution in [1.29, 1.82) is 0 Å². The lowest BCUT2D eigenvalue weighted by Gasteiger charge is -2.25. The molecule has 4 rings (SSSR count). The number of nitrogens with zero attached hydrogens (tertiary/aromatic N) is 4. The van der Waals surface area contributed by atoms with Crippen LogP contribution in [0.15, 0.2) is 42.5 Å². The van der Waals surface area contributed by atoms with E-state index in [-0.39, 0.29) is 24.2 Å². The lowest BCUT2D eigenvalue weighted by molar-refractivity contribution is -0.131. The van der Waals surface area contributed by atoms with E-state index < -0.39 is 0 Å². The zero-order valence-electron chi connectivity index (χ0n) is 16.1. The lowest BCUT2D eigenvalue weighted by atomic mass is 10.1. The Morgan fingerprint density at radius 2 is 2.07 bits per heavy atom. The van der Waals surface area contributed by atoms with E-state index >= 15 is 0 Å². The van der Waals surface area contributed by atoms with E-state index in [2.05, 4.69) is 15.5 Å². The van der Waals surface area contributed by atoms with Gasteiger partial charge >= 0.3 is 0 Å². The second-order valence-corrected chi connectivity index (χ2v) is 8.04. The molecule has 2 aromatic heterocycles. The van der Waals surface area contributed by atoms with E-state index in [0.717, 1.165) is 35.5 Å². The van der Waals surface area contributed by atoms with Gasteiger partial charge in [-0.1, -0.05) is 36.5 Å². The predicted molar refractivity (Wildman–Crippen MR) is 111 cm³/mol. The van der Waals surface area contributed by atoms with Gasteiger partial charge in [-0.15, -0.1) is 10.2 Å². The van der Waals surface area contributed by atoms with Crippen molar-refractivity contribution in [2.75, 3.05) is 11.9 Å². The molecule has 3 heterocycles. The zero-order chi connectivity index (χ0) is 20.2. The average molecular weight is 412 g/mol. The first-order valence-corrected chi connectivity index (χ1v) is 10.5. The second-order valence-electron chi connectivity index (χ2n) is 6.98. The number of likely N-dealkylation sites (tertiary alicyclic amines) is 1. The normalized spacial score (nSPS) is 16.2. The molecule has 0 radical (unpaired) electrons. The van der Waals surface area contributed by atoms with Gasteiger partial charge in [0.2, 0.25) is 11.0 Å². The van der Waals surface area contributed by atoms with Crippen molar-refractivity contribution in [3.8, 4) is 0 Å². The van der Waals surface area contributed by atoms with Gasteiger partial charge < -0.3 is 10.2 Å². The summed E-state index contributed by atoms with van der Waals surface area (Å²) in [4.78, 5) is 19.5. The van der Waals surface area contributed by atoms with Crippen LogP contribution in [-0.2, 0) is 17.6 Å². The van der Waals surface area contributed by atoms with E-state index in [1.165, 1.54) is 23.5 Å². The van der Waals surface area contributed by atoms with Gasteiger partial charge in [-0.2, -0.15) is 0 Å². The molecule has 1 unspecified atom stereocenters. The molecule has 3 aromatic rings. The fourth-order valence-corrected chi connectivity index (χ4v) is 4.20. The number of hydrogen-bond acceptors (Lipinski definition) is 6. The van der Waals surface area contributed by atoms with Crippen LogP contribution in [0.4, 0.5) is 15.3 Å². The van der Waals surface area contributed by atoms with Crippen LogP contribution in [-0.4, -0.2) is 32.5 Å². The Kier molecular flexibility index (Phi) is 5.80. The highest BCUT2D eigenvalue weighted by atomic mass is 32.1. The number of anilines is 2. The summed E-state index contributed by atoms with van der Waals surface area (Å²) in [7, 11) is 0. The quantitative estimate of drug-likeness (QED) is 0.655. The Morgan fingerprint density at radius 3 is 2.83 bits per heavy atom. The third-order valence-electron chi connectivity index (χ3n) is 4.96. The Balaban J connectivity index is 1.47. The van der Waals surface area contributed by atoms with Crippen LogP contribution in [0.1, 0.15) is 42.1 Å². The summed E-state index contributed by atoms with van der Waals surface area (Å²) in [6.45, 7) is 2.75. The molecule has 1 aromatic carbocycles. The summed E-state index contributed by atoms with van der Waals surface area (Å²) >= 11 is 1.51. The molecule has 1 atom stereocenters. The molecular weight excluding hydrogens is 389 g/mol. The Morgan fingerprint density at radius 1 is 1.24 bits per heavy atom. The summed E-state index contributed by atoms with van der Waals surface area (Å²) in [5.74, 6) is 0.436. The second kappa shape index (κ2) is 8.65. The number of benzene rings is 1. The third kappa shape index (κ3) is 4.59. The third-order valence-corrected chi connectivity index (χ3v) is 5.94. The van der Waals surface area contributed by atoms with Crippen molar-refractivity contribution >= 4 is 28.2 Å². The number of aromatic nitrogens is 3. The van der Waals surface area contributed by atoms with E-state index in [1.807, 2.05) is 30.0 Å². The van der Waals surface area contributed by atoms with Crippen LogP contribution in [0.25, 0.3) is 0 Å². The fraction of sp³-hybridized carbons (Fsp3) is 0.333. The minimum absolute atomic E-state index is 0.0379. The summed E-state index contributed by atoms with van der Waals surface area (Å²) in [6, 6.07) is 11.8. The largest absolute Gasteiger partial charge is 0.334 e. The molecule has 8 heteroatoms. The molecule has 150 valence electrons. The highest BCUT2D eigenvalue weighted by Gasteiger charge is 2.31. The first-order valence-electron chi connectivity index (χ1n) is 9.72. The zero-order valence-corrected chi connectivity index (χ0v) is 17.0. The standard InChI is InChI=1S/C21H22FN5OS/c1-2-19-25-26-21(29-19)24-18-7-3-5-16(23-18)17-6-4-12-27(17)20(28)13-14-8-10-15(22)11-9-14/h3,5,7-11,17H,2,4,6,12-13H2,1H3,(H,23,24,26). The molecule has 1 aliphatic rings. The van der Waals surface area contributed by atoms with Crippen molar-refractivity contribution < 1.29 is 9.18 Å². The van der Waals surface area contributed by atoms with Gasteiger partial charge in [-0.05, 0) is 49.1 Å². The van der Waals surface area contributed by atoms with Gasteiger partial charge in [0.05, 0.1) is 18.2 Å². The summed E-state index contributed by atoms with van der Waals surface area (Å²) in [5, 5.41) is 13.1. The van der Waals surface area contributed by atoms with Crippen LogP contribution >= 0.6 is 11.3 Å². The maximum Gasteiger partial charge on any atom is 0.227 e. The van der Waals surface area contributed by atoms with Gasteiger partial charge in [-0.25, -0.2) is 9.37 Å². The highest BCUT2D eigenvalue weighted by Crippen LogP contribution is 2.32. The monoisotopic (exact) mass is 411 g/mol. The van der Waals surface area contributed by atoms with Crippen molar-refractivity contribution in [3.05, 3.63) is 64.5 Å². The Labute approximate surface area is 172 Å². The fourth-order valence-electron chi connectivity index (χ4n) is 3.51. The topological polar surface area (TPSA) is 71.0 Å². The number of amides is 1. The van der Waals surface area contributed by atoms with Gasteiger partial charge in [0.15, 0.2) is 0 Å². The summed E-state index contributed by atoms with van der Waals surface area (Å²) in [5.41, 5.74) is 1.67. The first kappa shape index (κ1) is 19.4. The lowest BCUT2D eigenvalue weighted by Crippen LogP contribution is -2.32. The molecule has 0 bridgehead atoms. The molecule has 0 saturated carbocycles. The minimum atomic E-state index is -0.296. The number of carbonyl (C=O) groups excluding carboxylic acids is 1.